The summed E-state index contributed by atoms with van der Waals surface area (Å²) in [5, 5.41) is 0. The first-order valence-corrected chi connectivity index (χ1v) is 7.61. The van der Waals surface area contributed by atoms with Crippen LogP contribution in [-0.4, -0.2) is 8.42 Å². The van der Waals surface area contributed by atoms with Gasteiger partial charge in [-0.1, -0.05) is 22.0 Å². The number of halogens is 3. The van der Waals surface area contributed by atoms with Crippen molar-refractivity contribution in [2.24, 2.45) is 0 Å². The van der Waals surface area contributed by atoms with Gasteiger partial charge < -0.3 is 5.73 Å². The molecule has 0 aliphatic rings. The Bertz CT molecular complexity index is 746. The Morgan fingerprint density at radius 1 is 1.10 bits per heavy atom. The molecule has 0 unspecified atom stereocenters. The Kier molecular flexibility index (Phi) is 3.96. The number of sulfonamides is 1. The van der Waals surface area contributed by atoms with Gasteiger partial charge in [-0.25, -0.2) is 17.2 Å². The minimum Gasteiger partial charge on any atom is -0.397 e. The van der Waals surface area contributed by atoms with Crippen LogP contribution in [0.15, 0.2) is 45.8 Å². The van der Waals surface area contributed by atoms with Crippen molar-refractivity contribution in [3.63, 3.8) is 0 Å². The molecule has 0 aliphatic heterocycles. The van der Waals surface area contributed by atoms with Gasteiger partial charge in [0.15, 0.2) is 0 Å². The average molecular weight is 363 g/mol. The smallest absolute Gasteiger partial charge is 0.264 e. The molecule has 0 radical (unpaired) electrons. The van der Waals surface area contributed by atoms with E-state index in [4.69, 9.17) is 5.73 Å². The van der Waals surface area contributed by atoms with E-state index in [1.54, 1.807) is 0 Å². The monoisotopic (exact) mass is 362 g/mol. The molecular formula is C12H9BrF2N2O2S. The van der Waals surface area contributed by atoms with Crippen LogP contribution in [0.25, 0.3) is 0 Å². The van der Waals surface area contributed by atoms with Crippen LogP contribution in [0.1, 0.15) is 0 Å². The summed E-state index contributed by atoms with van der Waals surface area (Å²) in [5.74, 6) is -1.80. The largest absolute Gasteiger partial charge is 0.397 e. The fraction of sp³-hybridized carbons (Fsp3) is 0. The molecule has 0 saturated carbocycles. The van der Waals surface area contributed by atoms with E-state index in [9.17, 15) is 17.2 Å². The van der Waals surface area contributed by atoms with E-state index in [1.807, 2.05) is 4.72 Å². The fourth-order valence-corrected chi connectivity index (χ4v) is 3.02. The lowest BCUT2D eigenvalue weighted by Gasteiger charge is -2.11. The van der Waals surface area contributed by atoms with E-state index in [2.05, 4.69) is 15.9 Å². The maximum Gasteiger partial charge on any atom is 0.264 e. The highest BCUT2D eigenvalue weighted by Gasteiger charge is 2.21. The Morgan fingerprint density at radius 2 is 1.80 bits per heavy atom. The number of para-hydroxylation sites is 1. The van der Waals surface area contributed by atoms with E-state index in [0.29, 0.717) is 4.47 Å². The summed E-state index contributed by atoms with van der Waals surface area (Å²) in [6, 6.07) is 7.15. The maximum atomic E-state index is 13.7. The van der Waals surface area contributed by atoms with E-state index in [-0.39, 0.29) is 5.69 Å². The Balaban J connectivity index is 2.46. The highest BCUT2D eigenvalue weighted by atomic mass is 79.9. The van der Waals surface area contributed by atoms with Gasteiger partial charge in [0.1, 0.15) is 22.2 Å². The fourth-order valence-electron chi connectivity index (χ4n) is 1.53. The van der Waals surface area contributed by atoms with Crippen molar-refractivity contribution in [2.75, 3.05) is 10.5 Å². The highest BCUT2D eigenvalue weighted by molar-refractivity contribution is 9.10. The van der Waals surface area contributed by atoms with Crippen molar-refractivity contribution >= 4 is 37.3 Å². The van der Waals surface area contributed by atoms with Crippen LogP contribution >= 0.6 is 15.9 Å². The molecule has 0 saturated heterocycles. The molecule has 4 nitrogen and oxygen atoms in total. The molecule has 20 heavy (non-hydrogen) atoms. The highest BCUT2D eigenvalue weighted by Crippen LogP contribution is 2.27. The lowest BCUT2D eigenvalue weighted by atomic mass is 10.3. The summed E-state index contributed by atoms with van der Waals surface area (Å²) < 4.78 is 53.7. The third kappa shape index (κ3) is 2.91. The summed E-state index contributed by atoms with van der Waals surface area (Å²) in [4.78, 5) is -0.594. The van der Waals surface area contributed by atoms with E-state index in [1.165, 1.54) is 18.2 Å². The summed E-state index contributed by atoms with van der Waals surface area (Å²) in [6.45, 7) is 0. The van der Waals surface area contributed by atoms with Gasteiger partial charge in [0.2, 0.25) is 0 Å². The second-order valence-electron chi connectivity index (χ2n) is 3.88. The van der Waals surface area contributed by atoms with Gasteiger partial charge in [0, 0.05) is 4.47 Å². The van der Waals surface area contributed by atoms with Crippen molar-refractivity contribution in [3.8, 4) is 0 Å². The minimum atomic E-state index is -4.27. The molecule has 0 atom stereocenters. The van der Waals surface area contributed by atoms with Gasteiger partial charge in [-0.15, -0.1) is 0 Å². The molecule has 0 aliphatic carbocycles. The number of nitrogen functional groups attached to an aromatic ring is 1. The van der Waals surface area contributed by atoms with Gasteiger partial charge in [-0.3, -0.25) is 4.72 Å². The summed E-state index contributed by atoms with van der Waals surface area (Å²) in [5.41, 5.74) is 5.00. The molecule has 0 aromatic heterocycles. The second-order valence-corrected chi connectivity index (χ2v) is 6.45. The number of hydrogen-bond acceptors (Lipinski definition) is 3. The van der Waals surface area contributed by atoms with Crippen LogP contribution < -0.4 is 10.5 Å². The lowest BCUT2D eigenvalue weighted by molar-refractivity contribution is 0.569. The molecule has 3 N–H and O–H groups in total. The molecule has 0 spiro atoms. The predicted molar refractivity (Wildman–Crippen MR) is 75.7 cm³/mol. The standard InChI is InChI=1S/C12H9BrF2N2O2S/c13-7-4-5-11(9(15)6-7)20(18,19)17-12-8(14)2-1-3-10(12)16/h1-6,17H,16H2. The van der Waals surface area contributed by atoms with Crippen molar-refractivity contribution in [1.82, 2.24) is 0 Å². The number of rotatable bonds is 3. The zero-order valence-corrected chi connectivity index (χ0v) is 12.3. The third-order valence-corrected chi connectivity index (χ3v) is 4.34. The first-order chi connectivity index (χ1) is 9.31. The van der Waals surface area contributed by atoms with Crippen LogP contribution in [0, 0.1) is 11.6 Å². The molecule has 2 aromatic carbocycles. The van der Waals surface area contributed by atoms with Crippen LogP contribution in [0.5, 0.6) is 0 Å². The van der Waals surface area contributed by atoms with Crippen molar-refractivity contribution < 1.29 is 17.2 Å². The first-order valence-electron chi connectivity index (χ1n) is 5.33. The van der Waals surface area contributed by atoms with Gasteiger partial charge in [-0.2, -0.15) is 0 Å². The van der Waals surface area contributed by atoms with Gasteiger partial charge in [-0.05, 0) is 30.3 Å². The number of anilines is 2. The third-order valence-electron chi connectivity index (χ3n) is 2.47. The van der Waals surface area contributed by atoms with E-state index >= 15 is 0 Å². The minimum absolute atomic E-state index is 0.0916. The normalized spacial score (nSPS) is 11.3. The summed E-state index contributed by atoms with van der Waals surface area (Å²) in [7, 11) is -4.27. The molecule has 0 bridgehead atoms. The molecule has 2 rings (SSSR count). The topological polar surface area (TPSA) is 72.2 Å². The Morgan fingerprint density at radius 3 is 2.40 bits per heavy atom. The summed E-state index contributed by atoms with van der Waals surface area (Å²) >= 11 is 3.02. The molecule has 8 heteroatoms. The summed E-state index contributed by atoms with van der Waals surface area (Å²) in [6.07, 6.45) is 0. The van der Waals surface area contributed by atoms with Crippen molar-refractivity contribution in [3.05, 3.63) is 52.5 Å². The average Bonchev–Trinajstić information content (AvgIpc) is 2.33. The second kappa shape index (κ2) is 5.37. The van der Waals surface area contributed by atoms with E-state index in [0.717, 1.165) is 18.2 Å². The predicted octanol–water partition coefficient (Wildman–Crippen LogP) is 3.11. The lowest BCUT2D eigenvalue weighted by Crippen LogP contribution is -2.16. The SMILES string of the molecule is Nc1cccc(F)c1NS(=O)(=O)c1ccc(Br)cc1F. The molecule has 0 heterocycles. The van der Waals surface area contributed by atoms with Crippen molar-refractivity contribution in [2.45, 2.75) is 4.90 Å². The van der Waals surface area contributed by atoms with Gasteiger partial charge >= 0.3 is 0 Å². The van der Waals surface area contributed by atoms with Crippen LogP contribution in [0.2, 0.25) is 0 Å². The van der Waals surface area contributed by atoms with Crippen molar-refractivity contribution in [1.29, 1.82) is 0 Å². The van der Waals surface area contributed by atoms with Gasteiger partial charge in [0.05, 0.1) is 5.69 Å². The number of hydrogen-bond donors (Lipinski definition) is 2. The quantitative estimate of drug-likeness (QED) is 0.824. The van der Waals surface area contributed by atoms with Crippen LogP contribution in [-0.2, 0) is 10.0 Å². The van der Waals surface area contributed by atoms with Gasteiger partial charge in [0.25, 0.3) is 10.0 Å². The molecular weight excluding hydrogens is 354 g/mol. The number of nitrogens with one attached hydrogen (secondary N) is 1. The van der Waals surface area contributed by atoms with Crippen LogP contribution in [0.3, 0.4) is 0 Å². The van der Waals surface area contributed by atoms with E-state index < -0.39 is 32.2 Å². The molecule has 0 fully saturated rings. The number of nitrogens with two attached hydrogens (primary N) is 1. The first kappa shape index (κ1) is 14.7. The Labute approximate surface area is 122 Å². The molecule has 106 valence electrons. The zero-order chi connectivity index (χ0) is 14.9. The molecule has 2 aromatic rings. The van der Waals surface area contributed by atoms with Crippen LogP contribution in [0.4, 0.5) is 20.2 Å². The zero-order valence-electron chi connectivity index (χ0n) is 9.90. The molecule has 0 amide bonds. The number of benzene rings is 2. The maximum absolute atomic E-state index is 13.7. The Hall–Kier alpha value is -1.67.